The summed E-state index contributed by atoms with van der Waals surface area (Å²) in [6.45, 7) is 1.80. The van der Waals surface area contributed by atoms with E-state index in [4.69, 9.17) is 4.42 Å². The molecule has 3 aromatic rings. The molecule has 8 heteroatoms. The molecule has 7 nitrogen and oxygen atoms in total. The molecule has 1 aromatic heterocycles. The first kappa shape index (κ1) is 20.2. The molecule has 0 saturated heterocycles. The van der Waals surface area contributed by atoms with Crippen molar-refractivity contribution in [3.05, 3.63) is 82.1 Å². The van der Waals surface area contributed by atoms with Crippen molar-refractivity contribution >= 4 is 11.6 Å². The first-order valence-electron chi connectivity index (χ1n) is 9.06. The molecule has 1 amide bonds. The van der Waals surface area contributed by atoms with Crippen molar-refractivity contribution in [3.8, 4) is 11.3 Å². The molecule has 0 bridgehead atoms. The summed E-state index contributed by atoms with van der Waals surface area (Å²) in [6, 6.07) is 12.1. The van der Waals surface area contributed by atoms with Crippen molar-refractivity contribution in [2.75, 3.05) is 7.05 Å². The third-order valence-corrected chi connectivity index (χ3v) is 4.78. The summed E-state index contributed by atoms with van der Waals surface area (Å²) in [5.74, 6) is 0.0864. The number of nitro groups is 1. The van der Waals surface area contributed by atoms with Crippen LogP contribution < -0.4 is 0 Å². The van der Waals surface area contributed by atoms with Crippen LogP contribution in [0.2, 0.25) is 0 Å². The van der Waals surface area contributed by atoms with Gasteiger partial charge < -0.3 is 9.32 Å². The number of benzene rings is 2. The molecular weight excluding hydrogens is 377 g/mol. The average molecular weight is 397 g/mol. The lowest BCUT2D eigenvalue weighted by molar-refractivity contribution is -0.384. The number of carbonyl (C=O) groups excluding carboxylic acids is 1. The molecule has 3 rings (SSSR count). The molecular formula is C21H20FN3O4. The summed E-state index contributed by atoms with van der Waals surface area (Å²) in [7, 11) is 1.65. The number of rotatable bonds is 7. The van der Waals surface area contributed by atoms with Gasteiger partial charge in [0.15, 0.2) is 11.7 Å². The van der Waals surface area contributed by atoms with Gasteiger partial charge in [-0.3, -0.25) is 14.9 Å². The predicted octanol–water partition coefficient (Wildman–Crippen LogP) is 4.54. The first-order chi connectivity index (χ1) is 13.9. The Bertz CT molecular complexity index is 1030. The number of oxazole rings is 1. The van der Waals surface area contributed by atoms with E-state index in [0.29, 0.717) is 22.8 Å². The molecule has 0 aliphatic heterocycles. The monoisotopic (exact) mass is 397 g/mol. The number of amides is 1. The standard InChI is InChI=1S/C21H20FN3O4/c1-14(15-6-5-7-16(12-15)25(27)28)24(2)21(26)11-10-20-23-13-19(29-20)17-8-3-4-9-18(17)22/h3-9,12-14H,10-11H2,1-2H3/t14-/m0/s1. The molecule has 1 heterocycles. The van der Waals surface area contributed by atoms with Gasteiger partial charge in [0.1, 0.15) is 5.82 Å². The Hall–Kier alpha value is -3.55. The highest BCUT2D eigenvalue weighted by Gasteiger charge is 2.20. The zero-order valence-electron chi connectivity index (χ0n) is 16.0. The number of hydrogen-bond acceptors (Lipinski definition) is 5. The summed E-state index contributed by atoms with van der Waals surface area (Å²) in [5, 5.41) is 10.9. The second kappa shape index (κ2) is 8.64. The molecule has 0 aliphatic carbocycles. The largest absolute Gasteiger partial charge is 0.441 e. The van der Waals surface area contributed by atoms with Gasteiger partial charge in [0.25, 0.3) is 5.69 Å². The minimum absolute atomic E-state index is 0.0179. The van der Waals surface area contributed by atoms with Crippen LogP contribution in [0.3, 0.4) is 0 Å². The van der Waals surface area contributed by atoms with Crippen LogP contribution in [0.4, 0.5) is 10.1 Å². The minimum atomic E-state index is -0.465. The van der Waals surface area contributed by atoms with Crippen LogP contribution in [0.15, 0.2) is 59.1 Å². The lowest BCUT2D eigenvalue weighted by atomic mass is 10.1. The molecule has 1 atom stereocenters. The van der Waals surface area contributed by atoms with Crippen molar-refractivity contribution in [3.63, 3.8) is 0 Å². The molecule has 29 heavy (non-hydrogen) atoms. The normalized spacial score (nSPS) is 11.8. The van der Waals surface area contributed by atoms with E-state index in [9.17, 15) is 19.3 Å². The average Bonchev–Trinajstić information content (AvgIpc) is 3.20. The number of hydrogen-bond donors (Lipinski definition) is 0. The van der Waals surface area contributed by atoms with Gasteiger partial charge >= 0.3 is 0 Å². The number of nitrogens with zero attached hydrogens (tertiary/aromatic N) is 3. The second-order valence-corrected chi connectivity index (χ2v) is 6.63. The predicted molar refractivity (Wildman–Crippen MR) is 104 cm³/mol. The Labute approximate surface area is 166 Å². The number of aryl methyl sites for hydroxylation is 1. The van der Waals surface area contributed by atoms with Gasteiger partial charge in [-0.05, 0) is 24.6 Å². The highest BCUT2D eigenvalue weighted by atomic mass is 19.1. The molecule has 150 valence electrons. The minimum Gasteiger partial charge on any atom is -0.441 e. The molecule has 0 N–H and O–H groups in total. The van der Waals surface area contributed by atoms with E-state index < -0.39 is 10.7 Å². The van der Waals surface area contributed by atoms with E-state index in [1.54, 1.807) is 44.3 Å². The number of halogens is 1. The van der Waals surface area contributed by atoms with E-state index in [-0.39, 0.29) is 30.5 Å². The molecule has 0 fully saturated rings. The fourth-order valence-corrected chi connectivity index (χ4v) is 2.94. The zero-order chi connectivity index (χ0) is 21.0. The van der Waals surface area contributed by atoms with Gasteiger partial charge in [0, 0.05) is 32.0 Å². The Kier molecular flexibility index (Phi) is 6.01. The van der Waals surface area contributed by atoms with Crippen molar-refractivity contribution in [2.45, 2.75) is 25.8 Å². The van der Waals surface area contributed by atoms with E-state index in [0.717, 1.165) is 0 Å². The topological polar surface area (TPSA) is 89.5 Å². The fraction of sp³-hybridized carbons (Fsp3) is 0.238. The maximum absolute atomic E-state index is 13.8. The van der Waals surface area contributed by atoms with Crippen LogP contribution in [0.1, 0.15) is 30.8 Å². The van der Waals surface area contributed by atoms with Crippen LogP contribution in [-0.2, 0) is 11.2 Å². The number of aromatic nitrogens is 1. The number of non-ortho nitro benzene ring substituents is 1. The maximum Gasteiger partial charge on any atom is 0.269 e. The lowest BCUT2D eigenvalue weighted by Crippen LogP contribution is -2.29. The van der Waals surface area contributed by atoms with E-state index >= 15 is 0 Å². The summed E-state index contributed by atoms with van der Waals surface area (Å²) >= 11 is 0. The number of nitro benzene ring substituents is 1. The molecule has 0 saturated carbocycles. The van der Waals surface area contributed by atoms with Gasteiger partial charge in [-0.2, -0.15) is 0 Å². The summed E-state index contributed by atoms with van der Waals surface area (Å²) in [4.78, 5) is 28.7. The van der Waals surface area contributed by atoms with Crippen LogP contribution in [0.5, 0.6) is 0 Å². The Morgan fingerprint density at radius 2 is 2.03 bits per heavy atom. The van der Waals surface area contributed by atoms with Crippen LogP contribution in [0.25, 0.3) is 11.3 Å². The third kappa shape index (κ3) is 4.66. The molecule has 2 aromatic carbocycles. The lowest BCUT2D eigenvalue weighted by Gasteiger charge is -2.25. The molecule has 0 unspecified atom stereocenters. The summed E-state index contributed by atoms with van der Waals surface area (Å²) < 4.78 is 19.4. The summed E-state index contributed by atoms with van der Waals surface area (Å²) in [5.41, 5.74) is 0.970. The van der Waals surface area contributed by atoms with Crippen LogP contribution >= 0.6 is 0 Å². The fourth-order valence-electron chi connectivity index (χ4n) is 2.94. The van der Waals surface area contributed by atoms with Crippen molar-refractivity contribution in [2.24, 2.45) is 0 Å². The van der Waals surface area contributed by atoms with Crippen molar-refractivity contribution in [1.82, 2.24) is 9.88 Å². The molecule has 0 radical (unpaired) electrons. The summed E-state index contributed by atoms with van der Waals surface area (Å²) in [6.07, 6.45) is 1.85. The van der Waals surface area contributed by atoms with Crippen LogP contribution in [0, 0.1) is 15.9 Å². The highest BCUT2D eigenvalue weighted by Crippen LogP contribution is 2.25. The molecule has 0 aliphatic rings. The number of carbonyl (C=O) groups is 1. The van der Waals surface area contributed by atoms with Gasteiger partial charge in [-0.1, -0.05) is 24.3 Å². The third-order valence-electron chi connectivity index (χ3n) is 4.78. The highest BCUT2D eigenvalue weighted by molar-refractivity contribution is 5.76. The maximum atomic E-state index is 13.8. The van der Waals surface area contributed by atoms with E-state index in [1.165, 1.54) is 29.3 Å². The Morgan fingerprint density at radius 3 is 2.76 bits per heavy atom. The smallest absolute Gasteiger partial charge is 0.269 e. The quantitative estimate of drug-likeness (QED) is 0.431. The van der Waals surface area contributed by atoms with Crippen molar-refractivity contribution in [1.29, 1.82) is 0 Å². The van der Waals surface area contributed by atoms with Gasteiger partial charge in [0.05, 0.1) is 22.7 Å². The first-order valence-corrected chi connectivity index (χ1v) is 9.06. The zero-order valence-corrected chi connectivity index (χ0v) is 16.0. The Balaban J connectivity index is 1.63. The molecule has 0 spiro atoms. The van der Waals surface area contributed by atoms with Gasteiger partial charge in [-0.15, -0.1) is 0 Å². The SMILES string of the molecule is C[C@@H](c1cccc([N+](=O)[O-])c1)N(C)C(=O)CCc1ncc(-c2ccccc2F)o1. The van der Waals surface area contributed by atoms with Crippen LogP contribution in [-0.4, -0.2) is 27.8 Å². The van der Waals surface area contributed by atoms with E-state index in [2.05, 4.69) is 4.98 Å². The van der Waals surface area contributed by atoms with Gasteiger partial charge in [-0.25, -0.2) is 9.37 Å². The Morgan fingerprint density at radius 1 is 1.28 bits per heavy atom. The van der Waals surface area contributed by atoms with E-state index in [1.807, 2.05) is 0 Å². The van der Waals surface area contributed by atoms with Crippen molar-refractivity contribution < 1.29 is 18.5 Å². The second-order valence-electron chi connectivity index (χ2n) is 6.63. The van der Waals surface area contributed by atoms with Gasteiger partial charge in [0.2, 0.25) is 5.91 Å².